The summed E-state index contributed by atoms with van der Waals surface area (Å²) in [5, 5.41) is 0. The van der Waals surface area contributed by atoms with Gasteiger partial charge in [-0.05, 0) is 12.3 Å². The molecule has 0 N–H and O–H groups in total. The molecule has 29 heavy (non-hydrogen) atoms. The largest absolute Gasteiger partial charge is 0.431 e. The molecule has 0 aromatic rings. The summed E-state index contributed by atoms with van der Waals surface area (Å²) in [4.78, 5) is 0. The van der Waals surface area contributed by atoms with Gasteiger partial charge in [0.2, 0.25) is 9.05 Å². The van der Waals surface area contributed by atoms with Crippen molar-refractivity contribution in [3.8, 4) is 0 Å². The van der Waals surface area contributed by atoms with Crippen LogP contribution in [0.5, 0.6) is 0 Å². The number of alkyl halides is 14. The van der Waals surface area contributed by atoms with Crippen LogP contribution in [0.4, 0.5) is 61.5 Å². The molecule has 0 unspecified atom stereocenters. The van der Waals surface area contributed by atoms with Crippen molar-refractivity contribution in [3.05, 3.63) is 0 Å². The summed E-state index contributed by atoms with van der Waals surface area (Å²) in [7, 11) is -0.295. The van der Waals surface area contributed by atoms with E-state index in [1.165, 1.54) is 0 Å². The van der Waals surface area contributed by atoms with Crippen LogP contribution >= 0.6 is 10.7 Å². The average molecular weight is 507 g/mol. The van der Waals surface area contributed by atoms with E-state index in [1.54, 1.807) is 0 Å². The first kappa shape index (κ1) is 28.3. The van der Waals surface area contributed by atoms with Crippen LogP contribution in [0.3, 0.4) is 0 Å². The Morgan fingerprint density at radius 3 is 1.00 bits per heavy atom. The first-order chi connectivity index (χ1) is 12.3. The summed E-state index contributed by atoms with van der Waals surface area (Å²) < 4.78 is 200. The van der Waals surface area contributed by atoms with E-state index >= 15 is 0 Å². The molecule has 0 heterocycles. The minimum atomic E-state index is -6.88. The van der Waals surface area contributed by atoms with E-state index in [-0.39, 0.29) is 0 Å². The maximum Gasteiger partial charge on any atom is 0.431 e. The van der Waals surface area contributed by atoms with Gasteiger partial charge in [-0.1, -0.05) is 0 Å². The molecule has 0 aliphatic carbocycles. The molecule has 0 aromatic carbocycles. The number of rotatable bonds is 7. The smallest absolute Gasteiger partial charge is 0.224 e. The van der Waals surface area contributed by atoms with E-state index < -0.39 is 76.0 Å². The van der Waals surface area contributed by atoms with Crippen molar-refractivity contribution in [2.24, 2.45) is 5.92 Å². The Kier molecular flexibility index (Phi) is 7.87. The molecule has 0 saturated heterocycles. The maximum atomic E-state index is 13.7. The van der Waals surface area contributed by atoms with Crippen molar-refractivity contribution < 1.29 is 69.9 Å². The van der Waals surface area contributed by atoms with Gasteiger partial charge in [0.15, 0.2) is 0 Å². The number of halogens is 15. The van der Waals surface area contributed by atoms with Crippen molar-refractivity contribution in [1.82, 2.24) is 0 Å². The van der Waals surface area contributed by atoms with E-state index in [9.17, 15) is 69.9 Å². The van der Waals surface area contributed by atoms with Crippen LogP contribution < -0.4 is 0 Å². The summed E-state index contributed by atoms with van der Waals surface area (Å²) in [5.74, 6) is -5.10. The highest BCUT2D eigenvalue weighted by Crippen LogP contribution is 2.54. The third-order valence-corrected chi connectivity index (χ3v) is 4.89. The molecule has 176 valence electrons. The summed E-state index contributed by atoms with van der Waals surface area (Å²) in [6.07, 6.45) is -35.7. The van der Waals surface area contributed by atoms with Gasteiger partial charge in [-0.2, -0.15) is 52.7 Å². The lowest BCUT2D eigenvalue weighted by molar-refractivity contribution is -0.356. The maximum absolute atomic E-state index is 13.7. The van der Waals surface area contributed by atoms with Crippen molar-refractivity contribution in [2.75, 3.05) is 5.75 Å². The Morgan fingerprint density at radius 1 is 0.586 bits per heavy atom. The lowest BCUT2D eigenvalue weighted by atomic mass is 9.81. The Hall–Kier alpha value is -0.740. The van der Waals surface area contributed by atoms with Gasteiger partial charge in [0.1, 0.15) is 0 Å². The zero-order valence-corrected chi connectivity index (χ0v) is 14.9. The Labute approximate surface area is 157 Å². The first-order valence-corrected chi connectivity index (χ1v) is 9.33. The molecule has 0 rings (SSSR count). The van der Waals surface area contributed by atoms with Gasteiger partial charge in [-0.25, -0.2) is 17.2 Å². The SMILES string of the molecule is O=S(=O)(Cl)CCC(CC(F)(C(F)(F)F)C(F)(F)F)CC(F)(C(F)(F)F)C(F)(F)F. The summed E-state index contributed by atoms with van der Waals surface area (Å²) >= 11 is 0. The topological polar surface area (TPSA) is 34.1 Å². The molecule has 0 amide bonds. The van der Waals surface area contributed by atoms with Crippen LogP contribution in [0.1, 0.15) is 19.3 Å². The second-order valence-corrected chi connectivity index (χ2v) is 8.80. The molecule has 0 atom stereocenters. The molecule has 0 spiro atoms. The first-order valence-electron chi connectivity index (χ1n) is 6.85. The zero-order valence-electron chi connectivity index (χ0n) is 13.3. The van der Waals surface area contributed by atoms with Crippen LogP contribution in [0, 0.1) is 5.92 Å². The summed E-state index contributed by atoms with van der Waals surface area (Å²) in [6, 6.07) is 0. The van der Waals surface area contributed by atoms with Crippen molar-refractivity contribution in [1.29, 1.82) is 0 Å². The standard InChI is InChI=1S/C11H9ClF14O2S/c12-29(27,28)2-1-5(3-6(13,8(15,16)17)9(18,19)20)4-7(14,10(21,22)23)11(24,25)26/h5H,1-4H2. The molecule has 0 aromatic heterocycles. The second-order valence-electron chi connectivity index (χ2n) is 5.90. The monoisotopic (exact) mass is 506 g/mol. The average Bonchev–Trinajstić information content (AvgIpc) is 2.38. The van der Waals surface area contributed by atoms with Crippen LogP contribution in [0.2, 0.25) is 0 Å². The van der Waals surface area contributed by atoms with E-state index in [0.29, 0.717) is 0 Å². The van der Waals surface area contributed by atoms with Gasteiger partial charge in [-0.15, -0.1) is 0 Å². The third-order valence-electron chi connectivity index (χ3n) is 3.71. The zero-order chi connectivity index (χ0) is 23.9. The predicted octanol–water partition coefficient (Wildman–Crippen LogP) is 6.01. The lowest BCUT2D eigenvalue weighted by Gasteiger charge is -2.37. The highest BCUT2D eigenvalue weighted by Gasteiger charge is 2.75. The molecule has 0 saturated carbocycles. The van der Waals surface area contributed by atoms with Crippen LogP contribution in [0.25, 0.3) is 0 Å². The Morgan fingerprint density at radius 2 is 0.828 bits per heavy atom. The predicted molar refractivity (Wildman–Crippen MR) is 68.9 cm³/mol. The highest BCUT2D eigenvalue weighted by molar-refractivity contribution is 8.13. The van der Waals surface area contributed by atoms with Gasteiger partial charge in [0, 0.05) is 23.5 Å². The van der Waals surface area contributed by atoms with Gasteiger partial charge in [0.05, 0.1) is 5.75 Å². The fraction of sp³-hybridized carbons (Fsp3) is 1.00. The van der Waals surface area contributed by atoms with Gasteiger partial charge < -0.3 is 0 Å². The summed E-state index contributed by atoms with van der Waals surface area (Å²) in [6.45, 7) is 0. The van der Waals surface area contributed by atoms with E-state index in [1.807, 2.05) is 0 Å². The second kappa shape index (κ2) is 8.07. The third kappa shape index (κ3) is 6.62. The van der Waals surface area contributed by atoms with E-state index in [0.717, 1.165) is 0 Å². The molecule has 0 aliphatic rings. The Balaban J connectivity index is 6.31. The number of hydrogen-bond donors (Lipinski definition) is 0. The normalized spacial score (nSPS) is 15.9. The molecule has 0 fully saturated rings. The van der Waals surface area contributed by atoms with Gasteiger partial charge >= 0.3 is 24.7 Å². The fourth-order valence-electron chi connectivity index (χ4n) is 2.16. The Bertz CT molecular complexity index is 591. The fourth-order valence-corrected chi connectivity index (χ4v) is 3.05. The minimum absolute atomic E-state index is 1.75. The van der Waals surface area contributed by atoms with Crippen molar-refractivity contribution in [3.63, 3.8) is 0 Å². The van der Waals surface area contributed by atoms with Crippen LogP contribution in [-0.4, -0.2) is 50.2 Å². The number of hydrogen-bond acceptors (Lipinski definition) is 2. The van der Waals surface area contributed by atoms with E-state index in [4.69, 9.17) is 0 Å². The van der Waals surface area contributed by atoms with Gasteiger partial charge in [-0.3, -0.25) is 0 Å². The quantitative estimate of drug-likeness (QED) is 0.313. The lowest BCUT2D eigenvalue weighted by Crippen LogP contribution is -2.57. The highest BCUT2D eigenvalue weighted by atomic mass is 35.7. The molecule has 0 aliphatic heterocycles. The molecule has 2 nitrogen and oxygen atoms in total. The molecule has 18 heteroatoms. The molecule has 0 bridgehead atoms. The van der Waals surface area contributed by atoms with Crippen LogP contribution in [-0.2, 0) is 9.05 Å². The molecular weight excluding hydrogens is 498 g/mol. The van der Waals surface area contributed by atoms with Crippen molar-refractivity contribution in [2.45, 2.75) is 55.3 Å². The molecular formula is C11H9ClF14O2S. The van der Waals surface area contributed by atoms with Crippen LogP contribution in [0.15, 0.2) is 0 Å². The van der Waals surface area contributed by atoms with Crippen molar-refractivity contribution >= 4 is 19.7 Å². The van der Waals surface area contributed by atoms with Gasteiger partial charge in [0.25, 0.3) is 11.3 Å². The summed E-state index contributed by atoms with van der Waals surface area (Å²) in [5.41, 5.74) is -12.7. The minimum Gasteiger partial charge on any atom is -0.224 e. The van der Waals surface area contributed by atoms with E-state index in [2.05, 4.69) is 10.7 Å². The molecule has 0 radical (unpaired) electrons.